The zero-order valence-corrected chi connectivity index (χ0v) is 34.3. The molecule has 2 aromatic carbocycles. The molecular weight excluding hydrogens is 816 g/mol. The van der Waals surface area contributed by atoms with Crippen molar-refractivity contribution in [3.63, 3.8) is 0 Å². The van der Waals surface area contributed by atoms with Crippen LogP contribution in [0.3, 0.4) is 0 Å². The number of rotatable bonds is 13. The first-order valence-electron chi connectivity index (χ1n) is 17.5. The van der Waals surface area contributed by atoms with Crippen molar-refractivity contribution in [3.05, 3.63) is 91.6 Å². The van der Waals surface area contributed by atoms with E-state index in [0.29, 0.717) is 55.9 Å². The van der Waals surface area contributed by atoms with Gasteiger partial charge in [0.25, 0.3) is 25.2 Å². The first-order chi connectivity index (χ1) is 25.7. The number of halogens is 2. The van der Waals surface area contributed by atoms with Crippen molar-refractivity contribution in [1.29, 1.82) is 0 Å². The van der Waals surface area contributed by atoms with Gasteiger partial charge in [-0.1, -0.05) is 52.4 Å². The van der Waals surface area contributed by atoms with Crippen LogP contribution in [0.1, 0.15) is 37.6 Å². The van der Waals surface area contributed by atoms with E-state index >= 15 is 0 Å². The third kappa shape index (κ3) is 10.2. The summed E-state index contributed by atoms with van der Waals surface area (Å²) in [6, 6.07) is 11.2. The number of hydrogen-bond acceptors (Lipinski definition) is 10. The predicted octanol–water partition coefficient (Wildman–Crippen LogP) is 7.27. The smallest absolute Gasteiger partial charge is 0.409 e. The summed E-state index contributed by atoms with van der Waals surface area (Å²) in [5.41, 5.74) is 5.06. The second kappa shape index (κ2) is 17.4. The number of thioether (sulfide) groups is 1. The molecule has 0 unspecified atom stereocenters. The molecule has 3 aliphatic rings. The van der Waals surface area contributed by atoms with Crippen molar-refractivity contribution >= 4 is 94.6 Å². The number of piperazine rings is 1. The van der Waals surface area contributed by atoms with Gasteiger partial charge in [-0.2, -0.15) is 21.4 Å². The van der Waals surface area contributed by atoms with Crippen molar-refractivity contribution in [3.8, 4) is 0 Å². The molecule has 1 aliphatic carbocycles. The number of carbonyl (C=O) groups is 1. The maximum Gasteiger partial charge on any atom is 0.409 e. The minimum Gasteiger partial charge on any atom is -0.450 e. The maximum atomic E-state index is 12.5. The van der Waals surface area contributed by atoms with E-state index in [1.807, 2.05) is 58.0 Å². The van der Waals surface area contributed by atoms with Crippen LogP contribution >= 0.6 is 46.3 Å². The summed E-state index contributed by atoms with van der Waals surface area (Å²) in [5, 5.41) is 2.94. The zero-order chi connectivity index (χ0) is 38.6. The first-order valence-corrected chi connectivity index (χ1v) is 23.1. The van der Waals surface area contributed by atoms with E-state index in [1.165, 1.54) is 0 Å². The van der Waals surface area contributed by atoms with Gasteiger partial charge in [-0.25, -0.2) is 4.79 Å². The summed E-state index contributed by atoms with van der Waals surface area (Å²) in [4.78, 5) is 19.6. The summed E-state index contributed by atoms with van der Waals surface area (Å²) in [5.74, 6) is -0.710. The molecule has 0 saturated carbocycles. The minimum atomic E-state index is -4.11. The van der Waals surface area contributed by atoms with E-state index in [0.717, 1.165) is 60.5 Å². The van der Waals surface area contributed by atoms with Gasteiger partial charge in [0.15, 0.2) is 6.54 Å². The molecule has 54 heavy (non-hydrogen) atoms. The lowest BCUT2D eigenvalue weighted by atomic mass is 10.1. The SMILES string of the molecule is CCOC(=O)N1CCN(C2=C(/C=C/c3sc4ccc(Cl)cc4[n+]3CCCS(=O)(=O)O)CC/C2=C/C=C2/Sc3ccc(Cl)cc3N2CCCS(=O)(=O)O)CC1. The number of aryl methyl sites for hydroxylation is 1. The highest BCUT2D eigenvalue weighted by atomic mass is 35.5. The van der Waals surface area contributed by atoms with Crippen LogP contribution in [0, 0.1) is 0 Å². The number of benzene rings is 2. The molecule has 2 aliphatic heterocycles. The van der Waals surface area contributed by atoms with Crippen LogP contribution in [0.4, 0.5) is 10.5 Å². The number of nitrogens with zero attached hydrogens (tertiary/aromatic N) is 4. The third-order valence-corrected chi connectivity index (χ3v) is 13.5. The minimum absolute atomic E-state index is 0.226. The standard InChI is InChI=1S/C36H40Cl2N4O8S4/c1-2-50-36(43)40-19-17-39(18-20-40)35-25(7-13-33-41(15-3-21-53(44,45)46)29-23-27(37)9-11-31(29)51-33)5-6-26(35)8-14-34-42(16-4-22-54(47,48)49)30-24-28(38)10-12-32(30)52-34/h7-14,23-24H,2-6,15-22H2,1H3,(H-,44,45,46,47,48,49)/p+1. The Labute approximate surface area is 333 Å². The van der Waals surface area contributed by atoms with Gasteiger partial charge in [0.1, 0.15) is 4.70 Å². The van der Waals surface area contributed by atoms with Crippen LogP contribution in [-0.4, -0.2) is 92.7 Å². The van der Waals surface area contributed by atoms with E-state index in [1.54, 1.807) is 34.9 Å². The fourth-order valence-electron chi connectivity index (χ4n) is 6.78. The molecule has 1 aromatic heterocycles. The largest absolute Gasteiger partial charge is 0.450 e. The molecule has 6 rings (SSSR count). The second-order valence-electron chi connectivity index (χ2n) is 12.9. The lowest BCUT2D eigenvalue weighted by Crippen LogP contribution is -2.48. The number of carbonyl (C=O) groups excluding carboxylic acids is 1. The van der Waals surface area contributed by atoms with E-state index < -0.39 is 20.2 Å². The number of thiazole rings is 1. The average molecular weight is 857 g/mol. The lowest BCUT2D eigenvalue weighted by Gasteiger charge is -2.37. The molecule has 1 amide bonds. The monoisotopic (exact) mass is 855 g/mol. The van der Waals surface area contributed by atoms with Crippen molar-refractivity contribution in [1.82, 2.24) is 9.80 Å². The van der Waals surface area contributed by atoms with Crippen molar-refractivity contribution in [2.45, 2.75) is 44.0 Å². The van der Waals surface area contributed by atoms with Gasteiger partial charge >= 0.3 is 6.09 Å². The molecular formula is C36H41Cl2N4O8S4+. The third-order valence-electron chi connectivity index (χ3n) is 9.20. The molecule has 1 fully saturated rings. The molecule has 18 heteroatoms. The number of fused-ring (bicyclic) bond motifs is 2. The lowest BCUT2D eigenvalue weighted by molar-refractivity contribution is -0.668. The van der Waals surface area contributed by atoms with Crippen molar-refractivity contribution in [2.24, 2.45) is 0 Å². The van der Waals surface area contributed by atoms with E-state index in [4.69, 9.17) is 27.9 Å². The molecule has 290 valence electrons. The Morgan fingerprint density at radius 2 is 1.63 bits per heavy atom. The number of hydrogen-bond donors (Lipinski definition) is 2. The van der Waals surface area contributed by atoms with E-state index in [9.17, 15) is 30.7 Å². The number of allylic oxidation sites excluding steroid dienone is 5. The van der Waals surface area contributed by atoms with Gasteiger partial charge in [0.05, 0.1) is 28.8 Å². The Morgan fingerprint density at radius 1 is 0.926 bits per heavy atom. The van der Waals surface area contributed by atoms with Gasteiger partial charge in [-0.15, -0.1) is 0 Å². The van der Waals surface area contributed by atoms with Crippen LogP contribution in [0.2, 0.25) is 10.0 Å². The van der Waals surface area contributed by atoms with E-state index in [-0.39, 0.29) is 30.4 Å². The Kier molecular flexibility index (Phi) is 13.0. The second-order valence-corrected chi connectivity index (χ2v) is 19.1. The summed E-state index contributed by atoms with van der Waals surface area (Å²) in [7, 11) is -8.23. The molecule has 3 aromatic rings. The van der Waals surface area contributed by atoms with Gasteiger partial charge in [-0.05, 0) is 79.8 Å². The van der Waals surface area contributed by atoms with E-state index in [2.05, 4.69) is 17.1 Å². The van der Waals surface area contributed by atoms with Crippen molar-refractivity contribution in [2.75, 3.05) is 55.7 Å². The summed E-state index contributed by atoms with van der Waals surface area (Å²) < 4.78 is 73.0. The van der Waals surface area contributed by atoms with Gasteiger partial charge in [0.2, 0.25) is 5.52 Å². The molecule has 12 nitrogen and oxygen atoms in total. The van der Waals surface area contributed by atoms with Crippen molar-refractivity contribution < 1.29 is 40.0 Å². The number of amides is 1. The van der Waals surface area contributed by atoms with Crippen LogP contribution in [-0.2, 0) is 31.5 Å². The molecule has 0 radical (unpaired) electrons. The van der Waals surface area contributed by atoms with Gasteiger partial charge in [-0.3, -0.25) is 9.11 Å². The highest BCUT2D eigenvalue weighted by molar-refractivity contribution is 8.03. The predicted molar refractivity (Wildman–Crippen MR) is 215 cm³/mol. The van der Waals surface area contributed by atoms with Crippen LogP contribution in [0.15, 0.2) is 81.4 Å². The highest BCUT2D eigenvalue weighted by Crippen LogP contribution is 2.47. The zero-order valence-electron chi connectivity index (χ0n) is 29.5. The number of aromatic nitrogens is 1. The van der Waals surface area contributed by atoms with Crippen LogP contribution < -0.4 is 9.47 Å². The molecule has 0 atom stereocenters. The quantitative estimate of drug-likeness (QED) is 0.132. The van der Waals surface area contributed by atoms with Crippen LogP contribution in [0.5, 0.6) is 0 Å². The molecule has 0 bridgehead atoms. The molecule has 3 heterocycles. The molecule has 1 saturated heterocycles. The fraction of sp³-hybridized carbons (Fsp3) is 0.389. The Bertz CT molecular complexity index is 2260. The highest BCUT2D eigenvalue weighted by Gasteiger charge is 2.30. The fourth-order valence-corrected chi connectivity index (χ4v) is 10.2. The maximum absolute atomic E-state index is 12.5. The first kappa shape index (κ1) is 40.6. The summed E-state index contributed by atoms with van der Waals surface area (Å²) >= 11 is 15.8. The van der Waals surface area contributed by atoms with Gasteiger partial charge in [0, 0.05) is 71.9 Å². The summed E-state index contributed by atoms with van der Waals surface area (Å²) in [6.45, 7) is 5.06. The Hall–Kier alpha value is -3.09. The Morgan fingerprint density at radius 3 is 2.35 bits per heavy atom. The molecule has 2 N–H and O–H groups in total. The molecule has 0 spiro atoms. The number of ether oxygens (including phenoxy) is 1. The van der Waals surface area contributed by atoms with Crippen LogP contribution in [0.25, 0.3) is 16.3 Å². The normalized spacial score (nSPS) is 18.3. The Balaban J connectivity index is 1.35. The number of anilines is 1. The topological polar surface area (TPSA) is 149 Å². The average Bonchev–Trinajstić information content (AvgIpc) is 3.78. The van der Waals surface area contributed by atoms with Gasteiger partial charge < -0.3 is 19.4 Å². The summed E-state index contributed by atoms with van der Waals surface area (Å²) in [6.07, 6.45) is 9.96.